The summed E-state index contributed by atoms with van der Waals surface area (Å²) in [6.45, 7) is 4.04. The molecule has 0 amide bonds. The van der Waals surface area contributed by atoms with Gasteiger partial charge in [-0.2, -0.15) is 4.98 Å². The average Bonchev–Trinajstić information content (AvgIpc) is 2.87. The van der Waals surface area contributed by atoms with Crippen LogP contribution in [0, 0.1) is 0 Å². The van der Waals surface area contributed by atoms with E-state index in [1.807, 2.05) is 6.07 Å². The second-order valence-electron chi connectivity index (χ2n) is 8.95. The molecule has 0 spiro atoms. The van der Waals surface area contributed by atoms with E-state index in [1.54, 1.807) is 6.20 Å². The van der Waals surface area contributed by atoms with Gasteiger partial charge in [-0.05, 0) is 49.2 Å². The number of aromatic nitrogens is 2. The van der Waals surface area contributed by atoms with E-state index in [1.165, 1.54) is 24.2 Å². The number of rotatable bonds is 6. The zero-order valence-electron chi connectivity index (χ0n) is 19.0. The van der Waals surface area contributed by atoms with Crippen molar-refractivity contribution in [2.45, 2.75) is 37.8 Å². The summed E-state index contributed by atoms with van der Waals surface area (Å²) in [6, 6.07) is 21.5. The molecular formula is C26H33N7. The van der Waals surface area contributed by atoms with Gasteiger partial charge in [0.25, 0.3) is 0 Å². The van der Waals surface area contributed by atoms with Crippen LogP contribution in [0.4, 0.5) is 28.8 Å². The second kappa shape index (κ2) is 10.1. The van der Waals surface area contributed by atoms with Crippen molar-refractivity contribution in [2.75, 3.05) is 46.6 Å². The molecule has 2 atom stereocenters. The highest BCUT2D eigenvalue weighted by Crippen LogP contribution is 2.25. The predicted octanol–water partition coefficient (Wildman–Crippen LogP) is 4.23. The first-order valence-electron chi connectivity index (χ1n) is 12.0. The lowest BCUT2D eigenvalue weighted by Gasteiger charge is -2.37. The third kappa shape index (κ3) is 5.37. The molecule has 4 N–H and O–H groups in total. The molecule has 1 aromatic heterocycles. The molecule has 1 aliphatic heterocycles. The van der Waals surface area contributed by atoms with Crippen molar-refractivity contribution in [1.82, 2.24) is 9.97 Å². The summed E-state index contributed by atoms with van der Waals surface area (Å²) in [5, 5.41) is 6.88. The van der Waals surface area contributed by atoms with E-state index >= 15 is 0 Å². The number of nitrogens with one attached hydrogen (secondary N) is 2. The Labute approximate surface area is 196 Å². The number of piperazine rings is 1. The number of para-hydroxylation sites is 1. The minimum Gasteiger partial charge on any atom is -0.368 e. The maximum Gasteiger partial charge on any atom is 0.224 e. The minimum absolute atomic E-state index is 0.165. The van der Waals surface area contributed by atoms with Gasteiger partial charge in [-0.15, -0.1) is 0 Å². The third-order valence-corrected chi connectivity index (χ3v) is 6.67. The number of nitrogens with zero attached hydrogens (tertiary/aromatic N) is 4. The van der Waals surface area contributed by atoms with Gasteiger partial charge in [0.2, 0.25) is 5.95 Å². The van der Waals surface area contributed by atoms with Crippen LogP contribution in [-0.4, -0.2) is 48.2 Å². The lowest BCUT2D eigenvalue weighted by Crippen LogP contribution is -2.46. The fraction of sp³-hybridized carbons (Fsp3) is 0.385. The van der Waals surface area contributed by atoms with E-state index < -0.39 is 0 Å². The Balaban J connectivity index is 1.21. The molecule has 2 aromatic carbocycles. The Morgan fingerprint density at radius 2 is 1.55 bits per heavy atom. The number of nitrogens with two attached hydrogens (primary N) is 1. The molecule has 3 aromatic rings. The van der Waals surface area contributed by atoms with E-state index in [4.69, 9.17) is 5.73 Å². The fourth-order valence-corrected chi connectivity index (χ4v) is 4.79. The Bertz CT molecular complexity index is 1030. The molecule has 33 heavy (non-hydrogen) atoms. The summed E-state index contributed by atoms with van der Waals surface area (Å²) < 4.78 is 0. The fourth-order valence-electron chi connectivity index (χ4n) is 4.79. The molecule has 1 saturated carbocycles. The van der Waals surface area contributed by atoms with Crippen molar-refractivity contribution < 1.29 is 0 Å². The van der Waals surface area contributed by atoms with Crippen LogP contribution in [0.5, 0.6) is 0 Å². The Hall–Kier alpha value is -3.32. The van der Waals surface area contributed by atoms with Crippen molar-refractivity contribution in [1.29, 1.82) is 0 Å². The van der Waals surface area contributed by atoms with Gasteiger partial charge in [0.15, 0.2) is 0 Å². The quantitative estimate of drug-likeness (QED) is 0.526. The number of hydrogen-bond acceptors (Lipinski definition) is 7. The zero-order valence-corrected chi connectivity index (χ0v) is 19.0. The van der Waals surface area contributed by atoms with Crippen LogP contribution >= 0.6 is 0 Å². The van der Waals surface area contributed by atoms with E-state index in [0.717, 1.165) is 50.5 Å². The molecule has 0 unspecified atom stereocenters. The second-order valence-corrected chi connectivity index (χ2v) is 8.95. The minimum atomic E-state index is 0.165. The molecular weight excluding hydrogens is 410 g/mol. The average molecular weight is 444 g/mol. The van der Waals surface area contributed by atoms with E-state index in [-0.39, 0.29) is 12.1 Å². The van der Waals surface area contributed by atoms with Gasteiger partial charge in [0.1, 0.15) is 5.82 Å². The molecule has 7 nitrogen and oxygen atoms in total. The van der Waals surface area contributed by atoms with Gasteiger partial charge >= 0.3 is 0 Å². The molecule has 2 heterocycles. The molecule has 0 radical (unpaired) electrons. The summed E-state index contributed by atoms with van der Waals surface area (Å²) >= 11 is 0. The molecule has 172 valence electrons. The summed E-state index contributed by atoms with van der Waals surface area (Å²) in [5.41, 5.74) is 9.83. The van der Waals surface area contributed by atoms with Crippen LogP contribution in [0.25, 0.3) is 0 Å². The standard InChI is InChI=1S/C26H33N7/c27-23-11-4-5-12-24(23)30-26-28-14-13-25(31-26)29-20-7-6-10-22(19-20)33-17-15-32(16-18-33)21-8-2-1-3-9-21/h1-3,6-10,13-14,19,23-24H,4-5,11-12,15-18,27H2,(H2,28,29,30,31)/t23-,24+/m0/s1. The van der Waals surface area contributed by atoms with E-state index in [0.29, 0.717) is 5.95 Å². The topological polar surface area (TPSA) is 82.3 Å². The maximum atomic E-state index is 6.28. The van der Waals surface area contributed by atoms with E-state index in [9.17, 15) is 0 Å². The van der Waals surface area contributed by atoms with Crippen LogP contribution in [-0.2, 0) is 0 Å². The van der Waals surface area contributed by atoms with Crippen molar-refractivity contribution in [3.05, 3.63) is 66.9 Å². The highest BCUT2D eigenvalue weighted by atomic mass is 15.3. The smallest absolute Gasteiger partial charge is 0.224 e. The molecule has 0 bridgehead atoms. The lowest BCUT2D eigenvalue weighted by molar-refractivity contribution is 0.402. The van der Waals surface area contributed by atoms with Gasteiger partial charge < -0.3 is 26.2 Å². The van der Waals surface area contributed by atoms with Crippen molar-refractivity contribution in [3.63, 3.8) is 0 Å². The maximum absolute atomic E-state index is 6.28. The van der Waals surface area contributed by atoms with Gasteiger partial charge in [0, 0.05) is 61.5 Å². The van der Waals surface area contributed by atoms with Crippen molar-refractivity contribution in [2.24, 2.45) is 5.73 Å². The normalized spacial score (nSPS) is 21.0. The van der Waals surface area contributed by atoms with Crippen LogP contribution in [0.2, 0.25) is 0 Å². The van der Waals surface area contributed by atoms with Crippen LogP contribution in [0.3, 0.4) is 0 Å². The first kappa shape index (κ1) is 21.5. The Morgan fingerprint density at radius 3 is 2.33 bits per heavy atom. The summed E-state index contributed by atoms with van der Waals surface area (Å²) in [6.07, 6.45) is 6.33. The number of benzene rings is 2. The number of hydrogen-bond donors (Lipinski definition) is 3. The van der Waals surface area contributed by atoms with E-state index in [2.05, 4.69) is 85.0 Å². The van der Waals surface area contributed by atoms with Crippen LogP contribution < -0.4 is 26.2 Å². The van der Waals surface area contributed by atoms with Gasteiger partial charge in [-0.25, -0.2) is 4.98 Å². The van der Waals surface area contributed by atoms with Crippen LogP contribution in [0.1, 0.15) is 25.7 Å². The highest BCUT2D eigenvalue weighted by Gasteiger charge is 2.22. The molecule has 1 saturated heterocycles. The predicted molar refractivity (Wildman–Crippen MR) is 136 cm³/mol. The van der Waals surface area contributed by atoms with Crippen molar-refractivity contribution in [3.8, 4) is 0 Å². The lowest BCUT2D eigenvalue weighted by atomic mass is 9.91. The third-order valence-electron chi connectivity index (χ3n) is 6.67. The largest absolute Gasteiger partial charge is 0.368 e. The Morgan fingerprint density at radius 1 is 0.818 bits per heavy atom. The monoisotopic (exact) mass is 443 g/mol. The van der Waals surface area contributed by atoms with Gasteiger partial charge in [-0.1, -0.05) is 37.1 Å². The zero-order chi connectivity index (χ0) is 22.5. The molecule has 5 rings (SSSR count). The first-order chi connectivity index (χ1) is 16.2. The van der Waals surface area contributed by atoms with Crippen LogP contribution in [0.15, 0.2) is 66.9 Å². The summed E-state index contributed by atoms with van der Waals surface area (Å²) in [5.74, 6) is 1.42. The number of anilines is 5. The summed E-state index contributed by atoms with van der Waals surface area (Å²) in [7, 11) is 0. The molecule has 2 aliphatic rings. The molecule has 1 aliphatic carbocycles. The Kier molecular flexibility index (Phi) is 6.58. The molecule has 7 heteroatoms. The molecule has 2 fully saturated rings. The summed E-state index contributed by atoms with van der Waals surface area (Å²) in [4.78, 5) is 14.0. The van der Waals surface area contributed by atoms with Crippen molar-refractivity contribution >= 4 is 28.8 Å². The van der Waals surface area contributed by atoms with Gasteiger partial charge in [0.05, 0.1) is 0 Å². The highest BCUT2D eigenvalue weighted by molar-refractivity contribution is 5.64. The first-order valence-corrected chi connectivity index (χ1v) is 12.0. The SMILES string of the molecule is N[C@H]1CCCC[C@H]1Nc1nccc(Nc2cccc(N3CCN(c4ccccc4)CC3)c2)n1. The van der Waals surface area contributed by atoms with Gasteiger partial charge in [-0.3, -0.25) is 0 Å².